The standard InChI is InChI=1S/C15H10BrCl2NO3/c1-22-15(21)11-7-9(3-5-13(11)18)19-14(20)10-6-8(16)2-4-12(10)17/h2-7H,1H3,(H,19,20). The minimum absolute atomic E-state index is 0.169. The van der Waals surface area contributed by atoms with E-state index < -0.39 is 11.9 Å². The van der Waals surface area contributed by atoms with Crippen LogP contribution in [-0.2, 0) is 4.74 Å². The van der Waals surface area contributed by atoms with Crippen molar-refractivity contribution in [2.75, 3.05) is 12.4 Å². The second-order valence-electron chi connectivity index (χ2n) is 4.26. The van der Waals surface area contributed by atoms with E-state index in [4.69, 9.17) is 23.2 Å². The first-order chi connectivity index (χ1) is 10.4. The fraction of sp³-hybridized carbons (Fsp3) is 0.0667. The number of ether oxygens (including phenoxy) is 1. The van der Waals surface area contributed by atoms with E-state index in [1.807, 2.05) is 0 Å². The van der Waals surface area contributed by atoms with Gasteiger partial charge in [0.1, 0.15) is 0 Å². The van der Waals surface area contributed by atoms with E-state index in [2.05, 4.69) is 26.0 Å². The predicted octanol–water partition coefficient (Wildman–Crippen LogP) is 4.79. The summed E-state index contributed by atoms with van der Waals surface area (Å²) in [5.41, 5.74) is 0.888. The van der Waals surface area contributed by atoms with E-state index in [1.54, 1.807) is 24.3 Å². The van der Waals surface area contributed by atoms with Crippen LogP contribution in [0.1, 0.15) is 20.7 Å². The van der Waals surface area contributed by atoms with E-state index in [1.165, 1.54) is 19.2 Å². The van der Waals surface area contributed by atoms with Crippen molar-refractivity contribution in [3.05, 3.63) is 62.0 Å². The van der Waals surface area contributed by atoms with Crippen molar-refractivity contribution in [3.63, 3.8) is 0 Å². The second-order valence-corrected chi connectivity index (χ2v) is 5.99. The van der Waals surface area contributed by atoms with Crippen molar-refractivity contribution in [2.24, 2.45) is 0 Å². The molecule has 1 N–H and O–H groups in total. The van der Waals surface area contributed by atoms with Crippen LogP contribution in [0.4, 0.5) is 5.69 Å². The molecule has 0 unspecified atom stereocenters. The number of carbonyl (C=O) groups is 2. The average Bonchev–Trinajstić information content (AvgIpc) is 2.50. The normalized spacial score (nSPS) is 10.2. The minimum atomic E-state index is -0.582. The summed E-state index contributed by atoms with van der Waals surface area (Å²) in [5, 5.41) is 3.23. The van der Waals surface area contributed by atoms with Gasteiger partial charge in [-0.15, -0.1) is 0 Å². The fourth-order valence-corrected chi connectivity index (χ4v) is 2.50. The topological polar surface area (TPSA) is 55.4 Å². The molecular weight excluding hydrogens is 393 g/mol. The zero-order valence-corrected chi connectivity index (χ0v) is 14.4. The molecule has 2 rings (SSSR count). The molecule has 0 aliphatic carbocycles. The van der Waals surface area contributed by atoms with Crippen LogP contribution >= 0.6 is 39.1 Å². The number of anilines is 1. The Bertz CT molecular complexity index is 750. The van der Waals surface area contributed by atoms with Gasteiger partial charge in [0.25, 0.3) is 5.91 Å². The first kappa shape index (κ1) is 16.8. The Hall–Kier alpha value is -1.56. The zero-order chi connectivity index (χ0) is 16.3. The molecule has 0 saturated heterocycles. The van der Waals surface area contributed by atoms with Crippen LogP contribution in [0.15, 0.2) is 40.9 Å². The Balaban J connectivity index is 2.29. The Kier molecular flexibility index (Phi) is 5.45. The maximum absolute atomic E-state index is 12.3. The molecule has 0 fully saturated rings. The van der Waals surface area contributed by atoms with Gasteiger partial charge in [-0.2, -0.15) is 0 Å². The monoisotopic (exact) mass is 401 g/mol. The predicted molar refractivity (Wildman–Crippen MR) is 89.9 cm³/mol. The first-order valence-electron chi connectivity index (χ1n) is 6.06. The molecule has 4 nitrogen and oxygen atoms in total. The lowest BCUT2D eigenvalue weighted by Crippen LogP contribution is -2.13. The van der Waals surface area contributed by atoms with Crippen LogP contribution in [-0.4, -0.2) is 19.0 Å². The number of rotatable bonds is 3. The lowest BCUT2D eigenvalue weighted by atomic mass is 10.1. The number of carbonyl (C=O) groups excluding carboxylic acids is 2. The maximum Gasteiger partial charge on any atom is 0.339 e. The van der Waals surface area contributed by atoms with Gasteiger partial charge in [0.05, 0.1) is 28.3 Å². The molecule has 0 saturated carbocycles. The molecule has 1 amide bonds. The highest BCUT2D eigenvalue weighted by Crippen LogP contribution is 2.24. The maximum atomic E-state index is 12.3. The summed E-state index contributed by atoms with van der Waals surface area (Å²) in [4.78, 5) is 23.9. The lowest BCUT2D eigenvalue weighted by Gasteiger charge is -2.09. The van der Waals surface area contributed by atoms with Crippen molar-refractivity contribution >= 4 is 56.7 Å². The number of esters is 1. The highest BCUT2D eigenvalue weighted by atomic mass is 79.9. The number of hydrogen-bond acceptors (Lipinski definition) is 3. The van der Waals surface area contributed by atoms with Crippen molar-refractivity contribution in [2.45, 2.75) is 0 Å². The Morgan fingerprint density at radius 2 is 1.68 bits per heavy atom. The molecule has 0 spiro atoms. The molecule has 0 aliphatic heterocycles. The summed E-state index contributed by atoms with van der Waals surface area (Å²) < 4.78 is 5.36. The summed E-state index contributed by atoms with van der Waals surface area (Å²) in [7, 11) is 1.26. The molecule has 7 heteroatoms. The number of hydrogen-bond donors (Lipinski definition) is 1. The van der Waals surface area contributed by atoms with Crippen LogP contribution in [0.3, 0.4) is 0 Å². The van der Waals surface area contributed by atoms with Crippen molar-refractivity contribution in [1.82, 2.24) is 0 Å². The third-order valence-corrected chi connectivity index (χ3v) is 3.95. The largest absolute Gasteiger partial charge is 0.465 e. The summed E-state index contributed by atoms with van der Waals surface area (Å²) in [6.07, 6.45) is 0. The van der Waals surface area contributed by atoms with E-state index in [0.29, 0.717) is 16.3 Å². The summed E-state index contributed by atoms with van der Waals surface area (Å²) in [6, 6.07) is 9.48. The number of nitrogens with one attached hydrogen (secondary N) is 1. The van der Waals surface area contributed by atoms with Crippen LogP contribution in [0.5, 0.6) is 0 Å². The van der Waals surface area contributed by atoms with Crippen LogP contribution < -0.4 is 5.32 Å². The van der Waals surface area contributed by atoms with E-state index >= 15 is 0 Å². The summed E-state index contributed by atoms with van der Waals surface area (Å²) >= 11 is 15.2. The van der Waals surface area contributed by atoms with Gasteiger partial charge in [0.15, 0.2) is 0 Å². The van der Waals surface area contributed by atoms with Crippen molar-refractivity contribution in [1.29, 1.82) is 0 Å². The molecule has 0 heterocycles. The Labute approximate surface area is 145 Å². The quantitative estimate of drug-likeness (QED) is 0.750. The van der Waals surface area contributed by atoms with Gasteiger partial charge in [-0.1, -0.05) is 39.1 Å². The smallest absolute Gasteiger partial charge is 0.339 e. The fourth-order valence-electron chi connectivity index (χ4n) is 1.74. The SMILES string of the molecule is COC(=O)c1cc(NC(=O)c2cc(Br)ccc2Cl)ccc1Cl. The van der Waals surface area contributed by atoms with Crippen LogP contribution in [0, 0.1) is 0 Å². The molecule has 0 radical (unpaired) electrons. The van der Waals surface area contributed by atoms with Gasteiger partial charge >= 0.3 is 5.97 Å². The molecule has 0 bridgehead atoms. The highest BCUT2D eigenvalue weighted by Gasteiger charge is 2.15. The third kappa shape index (κ3) is 3.80. The molecule has 22 heavy (non-hydrogen) atoms. The second kappa shape index (κ2) is 7.13. The molecule has 114 valence electrons. The van der Waals surface area contributed by atoms with E-state index in [0.717, 1.165) is 4.47 Å². The lowest BCUT2D eigenvalue weighted by molar-refractivity contribution is 0.0600. The first-order valence-corrected chi connectivity index (χ1v) is 7.61. The van der Waals surface area contributed by atoms with E-state index in [-0.39, 0.29) is 10.6 Å². The van der Waals surface area contributed by atoms with Gasteiger partial charge in [0, 0.05) is 10.2 Å². The molecule has 0 atom stereocenters. The van der Waals surface area contributed by atoms with Crippen molar-refractivity contribution < 1.29 is 14.3 Å². The number of halogens is 3. The van der Waals surface area contributed by atoms with Crippen LogP contribution in [0.2, 0.25) is 10.0 Å². The van der Waals surface area contributed by atoms with Gasteiger partial charge in [-0.3, -0.25) is 4.79 Å². The van der Waals surface area contributed by atoms with E-state index in [9.17, 15) is 9.59 Å². The summed E-state index contributed by atoms with van der Waals surface area (Å²) in [6.45, 7) is 0. The molecule has 0 aromatic heterocycles. The number of methoxy groups -OCH3 is 1. The highest BCUT2D eigenvalue weighted by molar-refractivity contribution is 9.10. The van der Waals surface area contributed by atoms with Gasteiger partial charge < -0.3 is 10.1 Å². The average molecular weight is 403 g/mol. The Morgan fingerprint density at radius 1 is 1.05 bits per heavy atom. The minimum Gasteiger partial charge on any atom is -0.465 e. The molecule has 2 aromatic carbocycles. The molecule has 0 aliphatic rings. The summed E-state index contributed by atoms with van der Waals surface area (Å²) in [5.74, 6) is -0.981. The zero-order valence-electron chi connectivity index (χ0n) is 11.3. The Morgan fingerprint density at radius 3 is 2.36 bits per heavy atom. The van der Waals surface area contributed by atoms with Crippen LogP contribution in [0.25, 0.3) is 0 Å². The number of amides is 1. The molecule has 2 aromatic rings. The van der Waals surface area contributed by atoms with Gasteiger partial charge in [0.2, 0.25) is 0 Å². The van der Waals surface area contributed by atoms with Gasteiger partial charge in [-0.05, 0) is 36.4 Å². The van der Waals surface area contributed by atoms with Gasteiger partial charge in [-0.25, -0.2) is 4.79 Å². The third-order valence-electron chi connectivity index (χ3n) is 2.80. The van der Waals surface area contributed by atoms with Crippen molar-refractivity contribution in [3.8, 4) is 0 Å². The molecular formula is C15H10BrCl2NO3. The number of benzene rings is 2.